The third-order valence-electron chi connectivity index (χ3n) is 5.96. The van der Waals surface area contributed by atoms with Gasteiger partial charge in [-0.25, -0.2) is 0 Å². The second-order valence-corrected chi connectivity index (χ2v) is 8.32. The Morgan fingerprint density at radius 1 is 1.15 bits per heavy atom. The van der Waals surface area contributed by atoms with Gasteiger partial charge < -0.3 is 14.3 Å². The van der Waals surface area contributed by atoms with Crippen molar-refractivity contribution in [3.05, 3.63) is 71.0 Å². The van der Waals surface area contributed by atoms with E-state index in [9.17, 15) is 14.4 Å². The maximum atomic E-state index is 12.8. The van der Waals surface area contributed by atoms with Crippen LogP contribution in [-0.2, 0) is 16.6 Å². The Morgan fingerprint density at radius 2 is 1.97 bits per heavy atom. The molecule has 4 aromatic rings. The van der Waals surface area contributed by atoms with Gasteiger partial charge in [0.15, 0.2) is 0 Å². The van der Waals surface area contributed by atoms with Crippen molar-refractivity contribution in [3.8, 4) is 22.6 Å². The van der Waals surface area contributed by atoms with E-state index >= 15 is 0 Å². The summed E-state index contributed by atoms with van der Waals surface area (Å²) in [5.41, 5.74) is 2.98. The minimum Gasteiger partial charge on any atom is -0.455 e. The predicted octanol–water partition coefficient (Wildman–Crippen LogP) is 3.93. The molecule has 0 radical (unpaired) electrons. The van der Waals surface area contributed by atoms with Crippen LogP contribution in [0.5, 0.6) is 11.5 Å². The largest absolute Gasteiger partial charge is 0.455 e. The molecular weight excluding hydrogens is 420 g/mol. The summed E-state index contributed by atoms with van der Waals surface area (Å²) >= 11 is 0. The lowest BCUT2D eigenvalue weighted by molar-refractivity contribution is -0.122. The number of anilines is 1. The summed E-state index contributed by atoms with van der Waals surface area (Å²) in [6.07, 6.45) is 6.90. The van der Waals surface area contributed by atoms with Gasteiger partial charge in [0.25, 0.3) is 5.56 Å². The summed E-state index contributed by atoms with van der Waals surface area (Å²) < 4.78 is 7.93. The summed E-state index contributed by atoms with van der Waals surface area (Å²) in [4.78, 5) is 45.9. The fourth-order valence-corrected chi connectivity index (χ4v) is 4.36. The SMILES string of the molecule is Cc1cc(Oc2cccnc2)c(-c2cn(C)c3c(=O)[nH]ccc23)cc1N1C(=O)CC(C)C1=O. The van der Waals surface area contributed by atoms with Gasteiger partial charge in [-0.3, -0.25) is 24.3 Å². The number of hydrogen-bond donors (Lipinski definition) is 1. The maximum Gasteiger partial charge on any atom is 0.272 e. The standard InChI is InChI=1S/C25H22N4O4/c1-14-9-21(33-16-5-4-7-26-12-16)18(11-20(14)29-22(30)10-15(2)25(29)32)19-13-28(3)23-17(19)6-8-27-24(23)31/h4-9,11-13,15H,10H2,1-3H3,(H,27,31). The summed E-state index contributed by atoms with van der Waals surface area (Å²) in [6.45, 7) is 3.60. The molecule has 1 fully saturated rings. The Bertz CT molecular complexity index is 1470. The number of aromatic nitrogens is 3. The van der Waals surface area contributed by atoms with Crippen molar-refractivity contribution in [1.29, 1.82) is 0 Å². The van der Waals surface area contributed by atoms with E-state index in [0.29, 0.717) is 28.3 Å². The molecule has 1 N–H and O–H groups in total. The molecule has 166 valence electrons. The van der Waals surface area contributed by atoms with Crippen LogP contribution in [0.3, 0.4) is 0 Å². The third kappa shape index (κ3) is 3.40. The zero-order valence-electron chi connectivity index (χ0n) is 18.5. The molecule has 0 bridgehead atoms. The fourth-order valence-electron chi connectivity index (χ4n) is 4.36. The Hall–Kier alpha value is -4.20. The number of aryl methyl sites for hydroxylation is 2. The van der Waals surface area contributed by atoms with E-state index in [1.54, 1.807) is 55.3 Å². The van der Waals surface area contributed by atoms with E-state index in [1.165, 1.54) is 4.90 Å². The van der Waals surface area contributed by atoms with Crippen LogP contribution in [0, 0.1) is 12.8 Å². The van der Waals surface area contributed by atoms with E-state index < -0.39 is 0 Å². The number of hydrogen-bond acceptors (Lipinski definition) is 5. The number of H-pyrrole nitrogens is 1. The minimum absolute atomic E-state index is 0.186. The molecule has 0 aliphatic carbocycles. The first-order valence-corrected chi connectivity index (χ1v) is 10.6. The molecule has 1 aliphatic rings. The zero-order chi connectivity index (χ0) is 23.3. The highest BCUT2D eigenvalue weighted by Crippen LogP contribution is 2.42. The van der Waals surface area contributed by atoms with Crippen LogP contribution in [0.15, 0.2) is 59.9 Å². The minimum atomic E-state index is -0.359. The normalized spacial score (nSPS) is 16.1. The van der Waals surface area contributed by atoms with Crippen molar-refractivity contribution < 1.29 is 14.3 Å². The molecular formula is C25H22N4O4. The lowest BCUT2D eigenvalue weighted by atomic mass is 10.0. The number of pyridine rings is 2. The Kier molecular flexibility index (Phi) is 4.85. The summed E-state index contributed by atoms with van der Waals surface area (Å²) in [7, 11) is 1.80. The average molecular weight is 442 g/mol. The van der Waals surface area contributed by atoms with Gasteiger partial charge in [-0.05, 0) is 42.8 Å². The quantitative estimate of drug-likeness (QED) is 0.483. The second-order valence-electron chi connectivity index (χ2n) is 8.32. The van der Waals surface area contributed by atoms with E-state index in [0.717, 1.165) is 16.5 Å². The molecule has 0 spiro atoms. The van der Waals surface area contributed by atoms with Crippen LogP contribution in [0.4, 0.5) is 5.69 Å². The summed E-state index contributed by atoms with van der Waals surface area (Å²) in [5.74, 6) is 0.277. The van der Waals surface area contributed by atoms with Crippen LogP contribution in [-0.4, -0.2) is 26.3 Å². The lowest BCUT2D eigenvalue weighted by Crippen LogP contribution is -2.30. The maximum absolute atomic E-state index is 12.8. The number of nitrogens with zero attached hydrogens (tertiary/aromatic N) is 3. The van der Waals surface area contributed by atoms with Crippen molar-refractivity contribution in [2.45, 2.75) is 20.3 Å². The smallest absolute Gasteiger partial charge is 0.272 e. The number of fused-ring (bicyclic) bond motifs is 1. The average Bonchev–Trinajstić information content (AvgIpc) is 3.25. The highest BCUT2D eigenvalue weighted by atomic mass is 16.5. The van der Waals surface area contributed by atoms with Gasteiger partial charge in [0.2, 0.25) is 11.8 Å². The monoisotopic (exact) mass is 442 g/mol. The molecule has 8 nitrogen and oxygen atoms in total. The number of ether oxygens (including phenoxy) is 1. The number of imide groups is 1. The number of nitrogens with one attached hydrogen (secondary N) is 1. The molecule has 1 unspecified atom stereocenters. The van der Waals surface area contributed by atoms with Crippen LogP contribution >= 0.6 is 0 Å². The Morgan fingerprint density at radius 3 is 2.67 bits per heavy atom. The molecule has 3 aromatic heterocycles. The number of carbonyl (C=O) groups is 2. The number of benzene rings is 1. The van der Waals surface area contributed by atoms with E-state index in [4.69, 9.17) is 4.74 Å². The molecule has 33 heavy (non-hydrogen) atoms. The zero-order valence-corrected chi connectivity index (χ0v) is 18.5. The highest BCUT2D eigenvalue weighted by Gasteiger charge is 2.37. The van der Waals surface area contributed by atoms with Gasteiger partial charge in [-0.2, -0.15) is 0 Å². The molecule has 2 amide bonds. The topological polar surface area (TPSA) is 97.3 Å². The number of rotatable bonds is 4. The van der Waals surface area contributed by atoms with Gasteiger partial charge >= 0.3 is 0 Å². The van der Waals surface area contributed by atoms with Crippen molar-refractivity contribution >= 4 is 28.4 Å². The molecule has 1 aliphatic heterocycles. The molecule has 8 heteroatoms. The van der Waals surface area contributed by atoms with Crippen LogP contribution in [0.25, 0.3) is 22.0 Å². The lowest BCUT2D eigenvalue weighted by Gasteiger charge is -2.20. The Labute approximate surface area is 189 Å². The van der Waals surface area contributed by atoms with Gasteiger partial charge in [0.05, 0.1) is 11.9 Å². The van der Waals surface area contributed by atoms with Crippen LogP contribution in [0.2, 0.25) is 0 Å². The van der Waals surface area contributed by atoms with Gasteiger partial charge in [0.1, 0.15) is 17.0 Å². The second kappa shape index (κ2) is 7.74. The summed E-state index contributed by atoms with van der Waals surface area (Å²) in [6, 6.07) is 9.01. The number of carbonyl (C=O) groups excluding carboxylic acids is 2. The van der Waals surface area contributed by atoms with Crippen molar-refractivity contribution in [2.24, 2.45) is 13.0 Å². The van der Waals surface area contributed by atoms with E-state index in [2.05, 4.69) is 9.97 Å². The number of amides is 2. The van der Waals surface area contributed by atoms with Crippen LogP contribution < -0.4 is 15.2 Å². The number of aromatic amines is 1. The molecule has 5 rings (SSSR count). The van der Waals surface area contributed by atoms with Gasteiger partial charge in [0, 0.05) is 54.5 Å². The summed E-state index contributed by atoms with van der Waals surface area (Å²) in [5, 5.41) is 0.736. The first-order chi connectivity index (χ1) is 15.8. The third-order valence-corrected chi connectivity index (χ3v) is 5.96. The van der Waals surface area contributed by atoms with Crippen LogP contribution in [0.1, 0.15) is 18.9 Å². The molecule has 4 heterocycles. The molecule has 1 atom stereocenters. The molecule has 1 aromatic carbocycles. The molecule has 1 saturated heterocycles. The van der Waals surface area contributed by atoms with Crippen molar-refractivity contribution in [3.63, 3.8) is 0 Å². The highest BCUT2D eigenvalue weighted by molar-refractivity contribution is 6.21. The molecule has 0 saturated carbocycles. The van der Waals surface area contributed by atoms with Crippen molar-refractivity contribution in [1.82, 2.24) is 14.5 Å². The van der Waals surface area contributed by atoms with Crippen molar-refractivity contribution in [2.75, 3.05) is 4.90 Å². The van der Waals surface area contributed by atoms with E-state index in [-0.39, 0.29) is 29.7 Å². The van der Waals surface area contributed by atoms with Gasteiger partial charge in [-0.1, -0.05) is 6.92 Å². The fraction of sp³-hybridized carbons (Fsp3) is 0.200. The first kappa shape index (κ1) is 20.7. The van der Waals surface area contributed by atoms with E-state index in [1.807, 2.05) is 25.3 Å². The van der Waals surface area contributed by atoms with Gasteiger partial charge in [-0.15, -0.1) is 0 Å². The Balaban J connectivity index is 1.76. The first-order valence-electron chi connectivity index (χ1n) is 10.6. The predicted molar refractivity (Wildman–Crippen MR) is 124 cm³/mol.